The molecule has 0 radical (unpaired) electrons. The molecule has 1 aromatic carbocycles. The van der Waals surface area contributed by atoms with Crippen LogP contribution in [0.5, 0.6) is 0 Å². The highest BCUT2D eigenvalue weighted by atomic mass is 16.6. The number of nitrogens with zero attached hydrogens (tertiary/aromatic N) is 2. The fourth-order valence-electron chi connectivity index (χ4n) is 3.42. The first-order chi connectivity index (χ1) is 13.8. The van der Waals surface area contributed by atoms with E-state index in [0.29, 0.717) is 12.3 Å². The van der Waals surface area contributed by atoms with Gasteiger partial charge in [0, 0.05) is 36.4 Å². The molecule has 7 heteroatoms. The van der Waals surface area contributed by atoms with E-state index in [1.165, 1.54) is 0 Å². The van der Waals surface area contributed by atoms with Crippen molar-refractivity contribution in [2.24, 2.45) is 0 Å². The van der Waals surface area contributed by atoms with Gasteiger partial charge in [-0.05, 0) is 52.4 Å². The molecule has 1 saturated heterocycles. The highest BCUT2D eigenvalue weighted by molar-refractivity contribution is 6.61. The molecule has 3 rings (SSSR count). The Balaban J connectivity index is 1.74. The van der Waals surface area contributed by atoms with Gasteiger partial charge < -0.3 is 18.7 Å². The summed E-state index contributed by atoms with van der Waals surface area (Å²) in [6.07, 6.45) is 2.96. The lowest BCUT2D eigenvalue weighted by Crippen LogP contribution is -2.43. The molecule has 1 aliphatic heterocycles. The van der Waals surface area contributed by atoms with Crippen LogP contribution < -0.4 is 5.46 Å². The lowest BCUT2D eigenvalue weighted by Gasteiger charge is -2.28. The third-order valence-corrected chi connectivity index (χ3v) is 5.61. The lowest BCUT2D eigenvalue weighted by molar-refractivity contribution is 0.0699. The maximum atomic E-state index is 12.6. The summed E-state index contributed by atoms with van der Waals surface area (Å²) in [5.41, 5.74) is 2.21. The normalized spacial score (nSPS) is 17.0. The van der Waals surface area contributed by atoms with Crippen molar-refractivity contribution in [1.29, 1.82) is 0 Å². The zero-order valence-electron chi connectivity index (χ0n) is 18.1. The molecule has 0 bridgehead atoms. The second-order valence-electron chi connectivity index (χ2n) is 8.21. The number of likely N-dealkylation sites (tertiary alicyclic amines) is 1. The summed E-state index contributed by atoms with van der Waals surface area (Å²) in [6, 6.07) is 9.82. The quantitative estimate of drug-likeness (QED) is 0.631. The Hall–Kier alpha value is -2.12. The van der Waals surface area contributed by atoms with Gasteiger partial charge in [0.1, 0.15) is 5.69 Å². The van der Waals surface area contributed by atoms with Crippen LogP contribution in [0.15, 0.2) is 34.9 Å². The first kappa shape index (κ1) is 21.6. The number of aromatic nitrogens is 1. The van der Waals surface area contributed by atoms with Crippen molar-refractivity contribution >= 4 is 18.5 Å². The Kier molecular flexibility index (Phi) is 6.80. The van der Waals surface area contributed by atoms with Gasteiger partial charge in [0.05, 0.1) is 0 Å². The summed E-state index contributed by atoms with van der Waals surface area (Å²) in [7, 11) is -0.421. The van der Waals surface area contributed by atoms with E-state index in [4.69, 9.17) is 13.8 Å². The van der Waals surface area contributed by atoms with Crippen molar-refractivity contribution in [3.8, 4) is 11.3 Å². The summed E-state index contributed by atoms with van der Waals surface area (Å²) in [5, 5.41) is 4.10. The molecule has 1 atom stereocenters. The Morgan fingerprint density at radius 1 is 1.31 bits per heavy atom. The minimum Gasteiger partial charge on any atom is -0.408 e. The first-order valence-corrected chi connectivity index (χ1v) is 10.5. The highest BCUT2D eigenvalue weighted by Crippen LogP contribution is 2.23. The van der Waals surface area contributed by atoms with E-state index in [0.717, 1.165) is 36.8 Å². The number of carbonyl (C=O) groups is 1. The standard InChI is InChI=1S/C22H31BN2O4/c1-6-22(4,5)29-23(27-7-2)18-12-10-17(11-13-18)19-15-20(28-24-19)21(26)25-14-8-9-16(25)3/h10-13,15-16H,6-9,14H2,1-5H3. The molecule has 0 N–H and O–H groups in total. The lowest BCUT2D eigenvalue weighted by atomic mass is 9.77. The summed E-state index contributed by atoms with van der Waals surface area (Å²) in [6.45, 7) is 11.6. The van der Waals surface area contributed by atoms with E-state index in [1.54, 1.807) is 6.07 Å². The second-order valence-corrected chi connectivity index (χ2v) is 8.21. The molecule has 1 unspecified atom stereocenters. The van der Waals surface area contributed by atoms with Crippen LogP contribution in [0.2, 0.25) is 0 Å². The van der Waals surface area contributed by atoms with Gasteiger partial charge in [0.2, 0.25) is 5.76 Å². The molecule has 1 fully saturated rings. The van der Waals surface area contributed by atoms with Crippen LogP contribution in [0, 0.1) is 0 Å². The zero-order chi connectivity index (χ0) is 21.0. The molecule has 6 nitrogen and oxygen atoms in total. The monoisotopic (exact) mass is 398 g/mol. The van der Waals surface area contributed by atoms with E-state index < -0.39 is 7.12 Å². The van der Waals surface area contributed by atoms with Gasteiger partial charge in [-0.1, -0.05) is 36.3 Å². The number of amides is 1. The maximum Gasteiger partial charge on any atom is 0.494 e. The van der Waals surface area contributed by atoms with Gasteiger partial charge >= 0.3 is 7.12 Å². The third kappa shape index (κ3) is 5.09. The summed E-state index contributed by atoms with van der Waals surface area (Å²) in [5.74, 6) is 0.204. The van der Waals surface area contributed by atoms with Gasteiger partial charge in [-0.25, -0.2) is 0 Å². The summed E-state index contributed by atoms with van der Waals surface area (Å²) >= 11 is 0. The van der Waals surface area contributed by atoms with Crippen molar-refractivity contribution in [3.05, 3.63) is 36.1 Å². The van der Waals surface area contributed by atoms with Crippen LogP contribution in [0.1, 0.15) is 64.4 Å². The van der Waals surface area contributed by atoms with Gasteiger partial charge in [-0.2, -0.15) is 0 Å². The van der Waals surface area contributed by atoms with Crippen molar-refractivity contribution in [2.45, 2.75) is 65.5 Å². The second kappa shape index (κ2) is 9.14. The molecule has 2 aromatic rings. The maximum absolute atomic E-state index is 12.6. The van der Waals surface area contributed by atoms with Gasteiger partial charge in [-0.3, -0.25) is 4.79 Å². The summed E-state index contributed by atoms with van der Waals surface area (Å²) in [4.78, 5) is 14.5. The fourth-order valence-corrected chi connectivity index (χ4v) is 3.42. The molecule has 2 heterocycles. The van der Waals surface area contributed by atoms with Crippen LogP contribution in [-0.4, -0.2) is 47.9 Å². The predicted octanol–water partition coefficient (Wildman–Crippen LogP) is 3.90. The van der Waals surface area contributed by atoms with Crippen molar-refractivity contribution in [3.63, 3.8) is 0 Å². The van der Waals surface area contributed by atoms with E-state index >= 15 is 0 Å². The van der Waals surface area contributed by atoms with Crippen molar-refractivity contribution in [2.75, 3.05) is 13.2 Å². The molecule has 1 aromatic heterocycles. The van der Waals surface area contributed by atoms with Gasteiger partial charge in [-0.15, -0.1) is 0 Å². The average Bonchev–Trinajstić information content (AvgIpc) is 3.36. The molecule has 1 amide bonds. The molecular weight excluding hydrogens is 367 g/mol. The Morgan fingerprint density at radius 3 is 2.62 bits per heavy atom. The topological polar surface area (TPSA) is 64.8 Å². The third-order valence-electron chi connectivity index (χ3n) is 5.61. The van der Waals surface area contributed by atoms with E-state index in [-0.39, 0.29) is 23.3 Å². The minimum absolute atomic E-state index is 0.0861. The van der Waals surface area contributed by atoms with Gasteiger partial charge in [0.15, 0.2) is 0 Å². The molecule has 1 aliphatic rings. The molecule has 0 spiro atoms. The predicted molar refractivity (Wildman–Crippen MR) is 114 cm³/mol. The van der Waals surface area contributed by atoms with Crippen LogP contribution >= 0.6 is 0 Å². The number of rotatable bonds is 8. The zero-order valence-corrected chi connectivity index (χ0v) is 18.1. The Morgan fingerprint density at radius 2 is 2.03 bits per heavy atom. The largest absolute Gasteiger partial charge is 0.494 e. The Labute approximate surface area is 173 Å². The SMILES string of the molecule is CCOB(OC(C)(C)CC)c1ccc(-c2cc(C(=O)N3CCCC3C)on2)cc1. The van der Waals surface area contributed by atoms with E-state index in [1.807, 2.05) is 36.1 Å². The summed E-state index contributed by atoms with van der Waals surface area (Å²) < 4.78 is 17.3. The van der Waals surface area contributed by atoms with Crippen LogP contribution in [0.25, 0.3) is 11.3 Å². The Bertz CT molecular complexity index is 818. The first-order valence-electron chi connectivity index (χ1n) is 10.5. The minimum atomic E-state index is -0.421. The number of hydrogen-bond acceptors (Lipinski definition) is 5. The molecular formula is C22H31BN2O4. The molecule has 29 heavy (non-hydrogen) atoms. The number of benzene rings is 1. The molecule has 156 valence electrons. The fraction of sp³-hybridized carbons (Fsp3) is 0.545. The van der Waals surface area contributed by atoms with Crippen molar-refractivity contribution < 1.29 is 18.6 Å². The van der Waals surface area contributed by atoms with Crippen LogP contribution in [0.4, 0.5) is 0 Å². The highest BCUT2D eigenvalue weighted by Gasteiger charge is 2.30. The number of hydrogen-bond donors (Lipinski definition) is 0. The smallest absolute Gasteiger partial charge is 0.408 e. The van der Waals surface area contributed by atoms with E-state index in [2.05, 4.69) is 32.9 Å². The number of carbonyl (C=O) groups excluding carboxylic acids is 1. The van der Waals surface area contributed by atoms with Gasteiger partial charge in [0.25, 0.3) is 5.91 Å². The van der Waals surface area contributed by atoms with Crippen LogP contribution in [0.3, 0.4) is 0 Å². The average molecular weight is 398 g/mol. The molecule has 0 saturated carbocycles. The molecule has 0 aliphatic carbocycles. The van der Waals surface area contributed by atoms with Crippen LogP contribution in [-0.2, 0) is 9.31 Å². The van der Waals surface area contributed by atoms with Crippen molar-refractivity contribution in [1.82, 2.24) is 10.1 Å². The van der Waals surface area contributed by atoms with E-state index in [9.17, 15) is 4.79 Å².